The fraction of sp³-hybridized carbons (Fsp3) is 0.333. The van der Waals surface area contributed by atoms with Crippen LogP contribution in [0.4, 0.5) is 0 Å². The minimum Gasteiger partial charge on any atom is -0.396 e. The molecule has 1 nitrogen and oxygen atoms in total. The summed E-state index contributed by atoms with van der Waals surface area (Å²) < 4.78 is 0. The molecule has 0 spiro atoms. The SMILES string of the molecule is C=CCc1cc(C)ccc1CCO. The van der Waals surface area contributed by atoms with E-state index in [1.807, 2.05) is 6.08 Å². The van der Waals surface area contributed by atoms with E-state index in [0.717, 1.165) is 12.8 Å². The minimum absolute atomic E-state index is 0.215. The maximum Gasteiger partial charge on any atom is 0.0471 e. The van der Waals surface area contributed by atoms with Gasteiger partial charge in [-0.3, -0.25) is 0 Å². The van der Waals surface area contributed by atoms with Crippen molar-refractivity contribution in [1.82, 2.24) is 0 Å². The second kappa shape index (κ2) is 4.83. The van der Waals surface area contributed by atoms with E-state index in [2.05, 4.69) is 31.7 Å². The van der Waals surface area contributed by atoms with E-state index in [1.165, 1.54) is 16.7 Å². The number of aryl methyl sites for hydroxylation is 1. The van der Waals surface area contributed by atoms with Gasteiger partial charge in [0.1, 0.15) is 0 Å². The Labute approximate surface area is 79.7 Å². The van der Waals surface area contributed by atoms with Gasteiger partial charge in [0.2, 0.25) is 0 Å². The van der Waals surface area contributed by atoms with Crippen molar-refractivity contribution in [3.8, 4) is 0 Å². The van der Waals surface area contributed by atoms with E-state index in [4.69, 9.17) is 5.11 Å². The molecule has 1 rings (SSSR count). The maximum absolute atomic E-state index is 8.86. The molecular formula is C12H16O. The molecule has 0 bridgehead atoms. The number of aliphatic hydroxyl groups excluding tert-OH is 1. The highest BCUT2D eigenvalue weighted by molar-refractivity contribution is 5.33. The van der Waals surface area contributed by atoms with E-state index < -0.39 is 0 Å². The number of rotatable bonds is 4. The summed E-state index contributed by atoms with van der Waals surface area (Å²) in [5.74, 6) is 0. The molecule has 0 aromatic heterocycles. The summed E-state index contributed by atoms with van der Waals surface area (Å²) in [5, 5.41) is 8.86. The maximum atomic E-state index is 8.86. The fourth-order valence-corrected chi connectivity index (χ4v) is 1.46. The Morgan fingerprint density at radius 3 is 2.77 bits per heavy atom. The van der Waals surface area contributed by atoms with Crippen LogP contribution in [0, 0.1) is 6.92 Å². The van der Waals surface area contributed by atoms with Crippen molar-refractivity contribution in [3.05, 3.63) is 47.5 Å². The molecule has 0 heterocycles. The zero-order valence-electron chi connectivity index (χ0n) is 8.09. The molecule has 0 fully saturated rings. The second-order valence-corrected chi connectivity index (χ2v) is 3.24. The Morgan fingerprint density at radius 1 is 1.38 bits per heavy atom. The van der Waals surface area contributed by atoms with E-state index in [1.54, 1.807) is 0 Å². The molecule has 0 saturated carbocycles. The first kappa shape index (κ1) is 10.0. The van der Waals surface area contributed by atoms with Gasteiger partial charge in [0, 0.05) is 6.61 Å². The van der Waals surface area contributed by atoms with Crippen molar-refractivity contribution in [2.24, 2.45) is 0 Å². The molecule has 0 aliphatic carbocycles. The fourth-order valence-electron chi connectivity index (χ4n) is 1.46. The van der Waals surface area contributed by atoms with Crippen LogP contribution >= 0.6 is 0 Å². The molecule has 0 saturated heterocycles. The number of aliphatic hydroxyl groups is 1. The molecule has 70 valence electrons. The summed E-state index contributed by atoms with van der Waals surface area (Å²) in [5.41, 5.74) is 3.77. The molecule has 13 heavy (non-hydrogen) atoms. The van der Waals surface area contributed by atoms with Crippen molar-refractivity contribution in [2.45, 2.75) is 19.8 Å². The van der Waals surface area contributed by atoms with Gasteiger partial charge < -0.3 is 5.11 Å². The van der Waals surface area contributed by atoms with Crippen LogP contribution in [0.1, 0.15) is 16.7 Å². The van der Waals surface area contributed by atoms with Crippen LogP contribution in [-0.4, -0.2) is 11.7 Å². The van der Waals surface area contributed by atoms with Gasteiger partial charge in [0.05, 0.1) is 0 Å². The van der Waals surface area contributed by atoms with E-state index in [0.29, 0.717) is 0 Å². The zero-order chi connectivity index (χ0) is 9.68. The average molecular weight is 176 g/mol. The monoisotopic (exact) mass is 176 g/mol. The van der Waals surface area contributed by atoms with Gasteiger partial charge in [0.15, 0.2) is 0 Å². The van der Waals surface area contributed by atoms with Crippen molar-refractivity contribution in [2.75, 3.05) is 6.61 Å². The van der Waals surface area contributed by atoms with Gasteiger partial charge in [0.25, 0.3) is 0 Å². The molecule has 0 radical (unpaired) electrons. The van der Waals surface area contributed by atoms with Gasteiger partial charge in [-0.05, 0) is 30.9 Å². The van der Waals surface area contributed by atoms with Crippen molar-refractivity contribution in [1.29, 1.82) is 0 Å². The van der Waals surface area contributed by atoms with E-state index >= 15 is 0 Å². The predicted octanol–water partition coefficient (Wildman–Crippen LogP) is 2.26. The lowest BCUT2D eigenvalue weighted by Gasteiger charge is -2.07. The number of allylic oxidation sites excluding steroid dienone is 1. The topological polar surface area (TPSA) is 20.2 Å². The Hall–Kier alpha value is -1.08. The zero-order valence-corrected chi connectivity index (χ0v) is 8.09. The summed E-state index contributed by atoms with van der Waals surface area (Å²) in [6.45, 7) is 6.02. The van der Waals surface area contributed by atoms with E-state index in [9.17, 15) is 0 Å². The highest BCUT2D eigenvalue weighted by Gasteiger charge is 2.00. The molecule has 1 N–H and O–H groups in total. The van der Waals surface area contributed by atoms with Crippen LogP contribution in [0.5, 0.6) is 0 Å². The minimum atomic E-state index is 0.215. The van der Waals surface area contributed by atoms with Crippen LogP contribution in [0.15, 0.2) is 30.9 Å². The van der Waals surface area contributed by atoms with Crippen LogP contribution < -0.4 is 0 Å². The Balaban J connectivity index is 2.95. The van der Waals surface area contributed by atoms with E-state index in [-0.39, 0.29) is 6.61 Å². The lowest BCUT2D eigenvalue weighted by Crippen LogP contribution is -1.97. The Bertz CT molecular complexity index is 289. The smallest absolute Gasteiger partial charge is 0.0471 e. The summed E-state index contributed by atoms with van der Waals surface area (Å²) >= 11 is 0. The van der Waals surface area contributed by atoms with Gasteiger partial charge in [-0.2, -0.15) is 0 Å². The average Bonchev–Trinajstić information content (AvgIpc) is 2.10. The Kier molecular flexibility index (Phi) is 3.71. The van der Waals surface area contributed by atoms with Crippen LogP contribution in [-0.2, 0) is 12.8 Å². The second-order valence-electron chi connectivity index (χ2n) is 3.24. The lowest BCUT2D eigenvalue weighted by molar-refractivity contribution is 0.299. The standard InChI is InChI=1S/C12H16O/c1-3-4-12-9-10(2)5-6-11(12)7-8-13/h3,5-6,9,13H,1,4,7-8H2,2H3. The molecular weight excluding hydrogens is 160 g/mol. The predicted molar refractivity (Wildman–Crippen MR) is 55.9 cm³/mol. The van der Waals surface area contributed by atoms with Crippen molar-refractivity contribution >= 4 is 0 Å². The normalized spacial score (nSPS) is 10.0. The van der Waals surface area contributed by atoms with Gasteiger partial charge >= 0.3 is 0 Å². The lowest BCUT2D eigenvalue weighted by atomic mass is 10.00. The van der Waals surface area contributed by atoms with Crippen LogP contribution in [0.3, 0.4) is 0 Å². The summed E-state index contributed by atoms with van der Waals surface area (Å²) in [7, 11) is 0. The molecule has 1 aromatic carbocycles. The van der Waals surface area contributed by atoms with Gasteiger partial charge in [-0.1, -0.05) is 29.8 Å². The third-order valence-corrected chi connectivity index (χ3v) is 2.11. The van der Waals surface area contributed by atoms with Crippen LogP contribution in [0.2, 0.25) is 0 Å². The summed E-state index contributed by atoms with van der Waals surface area (Å²) in [4.78, 5) is 0. The number of benzene rings is 1. The van der Waals surface area contributed by atoms with Crippen LogP contribution in [0.25, 0.3) is 0 Å². The molecule has 0 aliphatic rings. The van der Waals surface area contributed by atoms with Gasteiger partial charge in [-0.15, -0.1) is 6.58 Å². The van der Waals surface area contributed by atoms with Crippen molar-refractivity contribution in [3.63, 3.8) is 0 Å². The number of hydrogen-bond acceptors (Lipinski definition) is 1. The third kappa shape index (κ3) is 2.71. The first-order chi connectivity index (χ1) is 6.27. The molecule has 0 atom stereocenters. The number of hydrogen-bond donors (Lipinski definition) is 1. The first-order valence-corrected chi connectivity index (χ1v) is 4.58. The Morgan fingerprint density at radius 2 is 2.15 bits per heavy atom. The highest BCUT2D eigenvalue weighted by Crippen LogP contribution is 2.13. The molecule has 0 aliphatic heterocycles. The molecule has 1 aromatic rings. The molecule has 0 unspecified atom stereocenters. The highest BCUT2D eigenvalue weighted by atomic mass is 16.2. The first-order valence-electron chi connectivity index (χ1n) is 4.58. The quantitative estimate of drug-likeness (QED) is 0.698. The summed E-state index contributed by atoms with van der Waals surface area (Å²) in [6, 6.07) is 6.33. The van der Waals surface area contributed by atoms with Gasteiger partial charge in [-0.25, -0.2) is 0 Å². The third-order valence-electron chi connectivity index (χ3n) is 2.11. The molecule has 1 heteroatoms. The van der Waals surface area contributed by atoms with Crippen molar-refractivity contribution < 1.29 is 5.11 Å². The summed E-state index contributed by atoms with van der Waals surface area (Å²) in [6.07, 6.45) is 3.52. The largest absolute Gasteiger partial charge is 0.396 e. The molecule has 0 amide bonds.